The molecule has 0 rings (SSSR count). The number of rotatable bonds is 38. The number of carbonyl (C=O) groups excluding carboxylic acids is 2. The molecule has 59 heavy (non-hydrogen) atoms. The van der Waals surface area contributed by atoms with Crippen LogP contribution in [0.1, 0.15) is 129 Å². The van der Waals surface area contributed by atoms with E-state index in [0.29, 0.717) is 12.8 Å². The molecule has 0 aliphatic rings. The molecule has 0 heterocycles. The predicted octanol–water partition coefficient (Wildman–Crippen LogP) is 9.16. The van der Waals surface area contributed by atoms with Crippen LogP contribution in [-0.4, -0.2) is 88.1 Å². The average Bonchev–Trinajstić information content (AvgIpc) is 3.21. The molecule has 0 fully saturated rings. The molecule has 5 N–H and O–H groups in total. The van der Waals surface area contributed by atoms with E-state index in [4.69, 9.17) is 19.1 Å². The molecule has 13 heteroatoms. The Morgan fingerprint density at radius 3 is 1.81 bits per heavy atom. The first-order valence-electron chi connectivity index (χ1n) is 21.4. The van der Waals surface area contributed by atoms with E-state index in [0.717, 1.165) is 64.2 Å². The molecule has 0 aromatic rings. The van der Waals surface area contributed by atoms with E-state index >= 15 is 0 Å². The van der Waals surface area contributed by atoms with Crippen molar-refractivity contribution in [1.29, 1.82) is 0 Å². The fourth-order valence-corrected chi connectivity index (χ4v) is 5.85. The quantitative estimate of drug-likeness (QED) is 0.0130. The SMILES string of the molecule is CC/C=C\C/C=C\C/C=C\C/C=C\CCCCCCC(=O)OC[C@H](COP(=O)(O)OC[C@@H](O)CO)OC(=O)CCC[C@@H](O)\C=C/C=C/C=C/[C@@H](O)C/C=C\CCCCC. The summed E-state index contributed by atoms with van der Waals surface area (Å²) in [4.78, 5) is 35.0. The molecule has 0 spiro atoms. The molecule has 5 atom stereocenters. The van der Waals surface area contributed by atoms with Gasteiger partial charge in [0.15, 0.2) is 6.10 Å². The summed E-state index contributed by atoms with van der Waals surface area (Å²) in [5.74, 6) is -1.21. The highest BCUT2D eigenvalue weighted by molar-refractivity contribution is 7.47. The smallest absolute Gasteiger partial charge is 0.462 e. The van der Waals surface area contributed by atoms with Gasteiger partial charge in [-0.25, -0.2) is 4.57 Å². The van der Waals surface area contributed by atoms with E-state index in [1.807, 2.05) is 6.08 Å². The van der Waals surface area contributed by atoms with Crippen LogP contribution >= 0.6 is 7.82 Å². The van der Waals surface area contributed by atoms with Crippen molar-refractivity contribution >= 4 is 19.8 Å². The first-order valence-corrected chi connectivity index (χ1v) is 22.9. The van der Waals surface area contributed by atoms with E-state index in [1.165, 1.54) is 12.8 Å². The largest absolute Gasteiger partial charge is 0.472 e. The molecule has 0 saturated carbocycles. The summed E-state index contributed by atoms with van der Waals surface area (Å²) >= 11 is 0. The molecular formula is C46H75O12P. The van der Waals surface area contributed by atoms with Crippen LogP contribution in [0, 0.1) is 0 Å². The number of unbranched alkanes of at least 4 members (excludes halogenated alkanes) is 7. The van der Waals surface area contributed by atoms with Gasteiger partial charge < -0.3 is 34.8 Å². The van der Waals surface area contributed by atoms with Gasteiger partial charge in [0, 0.05) is 12.8 Å². The predicted molar refractivity (Wildman–Crippen MR) is 235 cm³/mol. The highest BCUT2D eigenvalue weighted by Crippen LogP contribution is 2.43. The molecule has 0 aliphatic heterocycles. The van der Waals surface area contributed by atoms with Crippen LogP contribution in [0.5, 0.6) is 0 Å². The normalized spacial score (nSPS) is 15.8. The zero-order valence-electron chi connectivity index (χ0n) is 35.6. The standard InChI is InChI=1S/C46H75O12P/c1-3-5-7-9-11-12-13-14-15-16-17-18-19-20-21-23-29-35-45(51)55-39-44(40-57-59(53,54)56-38-43(50)37-47)58-46(52)36-30-34-42(49)33-28-25-24-27-32-41(48)31-26-22-10-8-6-4-2/h5,7,11-12,14-15,17-18,22,24-28,32-33,41-44,47-50H,3-4,6,8-10,13,16,19-21,23,29-31,34-40H2,1-2H3,(H,53,54)/b7-5-,12-11-,15-14-,18-17-,25-24+,26-22-,32-27+,33-28-/t41-,42-,43-,44+/m0/s1. The number of phosphoric acid groups is 1. The van der Waals surface area contributed by atoms with Crippen molar-refractivity contribution < 1.29 is 58.0 Å². The summed E-state index contributed by atoms with van der Waals surface area (Å²) in [6.07, 6.45) is 41.4. The fourth-order valence-electron chi connectivity index (χ4n) is 5.06. The zero-order chi connectivity index (χ0) is 43.7. The second-order valence-corrected chi connectivity index (χ2v) is 15.5. The average molecular weight is 851 g/mol. The van der Waals surface area contributed by atoms with Gasteiger partial charge in [-0.3, -0.25) is 18.6 Å². The Kier molecular flexibility index (Phi) is 38.1. The number of esters is 2. The minimum Gasteiger partial charge on any atom is -0.462 e. The minimum absolute atomic E-state index is 0.0875. The summed E-state index contributed by atoms with van der Waals surface area (Å²) in [5, 5.41) is 38.6. The molecule has 1 unspecified atom stereocenters. The third-order valence-electron chi connectivity index (χ3n) is 8.41. The number of aliphatic hydroxyl groups is 4. The molecule has 0 aromatic heterocycles. The second kappa shape index (κ2) is 40.2. The Morgan fingerprint density at radius 2 is 1.17 bits per heavy atom. The lowest BCUT2D eigenvalue weighted by molar-refractivity contribution is -0.161. The fraction of sp³-hybridized carbons (Fsp3) is 0.609. The summed E-state index contributed by atoms with van der Waals surface area (Å²) in [5.41, 5.74) is 0. The number of ether oxygens (including phenoxy) is 2. The molecule has 0 aliphatic carbocycles. The van der Waals surface area contributed by atoms with Gasteiger partial charge >= 0.3 is 19.8 Å². The summed E-state index contributed by atoms with van der Waals surface area (Å²) in [6, 6.07) is 0. The topological polar surface area (TPSA) is 189 Å². The molecule has 336 valence electrons. The van der Waals surface area contributed by atoms with Crippen LogP contribution in [0.25, 0.3) is 0 Å². The first-order chi connectivity index (χ1) is 28.5. The van der Waals surface area contributed by atoms with Crippen molar-refractivity contribution in [2.45, 2.75) is 154 Å². The third-order valence-corrected chi connectivity index (χ3v) is 9.36. The van der Waals surface area contributed by atoms with Crippen molar-refractivity contribution in [3.8, 4) is 0 Å². The summed E-state index contributed by atoms with van der Waals surface area (Å²) < 4.78 is 32.5. The lowest BCUT2D eigenvalue weighted by atomic mass is 10.1. The Balaban J connectivity index is 4.63. The van der Waals surface area contributed by atoms with Crippen molar-refractivity contribution in [3.63, 3.8) is 0 Å². The van der Waals surface area contributed by atoms with Crippen molar-refractivity contribution in [2.75, 3.05) is 26.4 Å². The van der Waals surface area contributed by atoms with Crippen LogP contribution in [-0.2, 0) is 32.7 Å². The van der Waals surface area contributed by atoms with Gasteiger partial charge in [0.25, 0.3) is 0 Å². The van der Waals surface area contributed by atoms with Gasteiger partial charge in [-0.15, -0.1) is 0 Å². The van der Waals surface area contributed by atoms with Gasteiger partial charge in [0.2, 0.25) is 0 Å². The number of carbonyl (C=O) groups is 2. The van der Waals surface area contributed by atoms with Crippen LogP contribution < -0.4 is 0 Å². The molecule has 12 nitrogen and oxygen atoms in total. The highest BCUT2D eigenvalue weighted by Gasteiger charge is 2.27. The monoisotopic (exact) mass is 850 g/mol. The van der Waals surface area contributed by atoms with Gasteiger partial charge in [0.05, 0.1) is 32.0 Å². The Bertz CT molecular complexity index is 1330. The number of allylic oxidation sites excluding steroid dienone is 13. The third kappa shape index (κ3) is 40.0. The van der Waals surface area contributed by atoms with E-state index in [2.05, 4.69) is 73.1 Å². The summed E-state index contributed by atoms with van der Waals surface area (Å²) in [7, 11) is -4.70. The van der Waals surface area contributed by atoms with E-state index in [1.54, 1.807) is 36.5 Å². The zero-order valence-corrected chi connectivity index (χ0v) is 36.5. The summed E-state index contributed by atoms with van der Waals surface area (Å²) in [6.45, 7) is 1.86. The van der Waals surface area contributed by atoms with Crippen LogP contribution in [0.15, 0.2) is 97.2 Å². The van der Waals surface area contributed by atoms with Crippen molar-refractivity contribution in [3.05, 3.63) is 97.2 Å². The number of hydrogen-bond donors (Lipinski definition) is 5. The molecule has 0 aromatic carbocycles. The van der Waals surface area contributed by atoms with E-state index < -0.39 is 70.6 Å². The van der Waals surface area contributed by atoms with Gasteiger partial charge in [0.1, 0.15) is 12.7 Å². The maximum absolute atomic E-state index is 12.6. The second-order valence-electron chi connectivity index (χ2n) is 14.0. The van der Waals surface area contributed by atoms with E-state index in [-0.39, 0.29) is 25.7 Å². The lowest BCUT2D eigenvalue weighted by Crippen LogP contribution is -2.30. The van der Waals surface area contributed by atoms with Crippen LogP contribution in [0.4, 0.5) is 0 Å². The maximum atomic E-state index is 12.6. The molecule has 0 radical (unpaired) electrons. The van der Waals surface area contributed by atoms with Crippen LogP contribution in [0.3, 0.4) is 0 Å². The molecule has 0 amide bonds. The maximum Gasteiger partial charge on any atom is 0.472 e. The van der Waals surface area contributed by atoms with Gasteiger partial charge in [-0.05, 0) is 77.0 Å². The van der Waals surface area contributed by atoms with Crippen molar-refractivity contribution in [2.24, 2.45) is 0 Å². The Hall–Kier alpha value is -3.19. The van der Waals surface area contributed by atoms with Gasteiger partial charge in [-0.1, -0.05) is 137 Å². The minimum atomic E-state index is -4.70. The lowest BCUT2D eigenvalue weighted by Gasteiger charge is -2.20. The van der Waals surface area contributed by atoms with E-state index in [9.17, 15) is 34.4 Å². The number of hydrogen-bond acceptors (Lipinski definition) is 11. The first kappa shape index (κ1) is 55.8. The Morgan fingerprint density at radius 1 is 0.610 bits per heavy atom. The van der Waals surface area contributed by atoms with Crippen LogP contribution in [0.2, 0.25) is 0 Å². The van der Waals surface area contributed by atoms with Gasteiger partial charge in [-0.2, -0.15) is 0 Å². The molecular weight excluding hydrogens is 775 g/mol. The molecule has 0 bridgehead atoms. The number of aliphatic hydroxyl groups excluding tert-OH is 4. The Labute approximate surface area is 354 Å². The van der Waals surface area contributed by atoms with Crippen molar-refractivity contribution in [1.82, 2.24) is 0 Å². The highest BCUT2D eigenvalue weighted by atomic mass is 31.2. The number of phosphoric ester groups is 1. The molecule has 0 saturated heterocycles.